The first-order valence-electron chi connectivity index (χ1n) is 6.28. The van der Waals surface area contributed by atoms with Crippen LogP contribution in [0.3, 0.4) is 0 Å². The van der Waals surface area contributed by atoms with Gasteiger partial charge in [-0.25, -0.2) is 15.8 Å². The monoisotopic (exact) mass is 318 g/mol. The van der Waals surface area contributed by atoms with Gasteiger partial charge in [0.25, 0.3) is 0 Å². The number of anilines is 1. The largest absolute Gasteiger partial charge is 0.484 e. The molecule has 0 amide bonds. The molecule has 0 aliphatic heterocycles. The highest BCUT2D eigenvalue weighted by Crippen LogP contribution is 2.28. The molecule has 0 aliphatic carbocycles. The Morgan fingerprint density at radius 2 is 2.14 bits per heavy atom. The fourth-order valence-electron chi connectivity index (χ4n) is 1.95. The SMILES string of the molecule is CSc1ccccc1OCc1nc(NN)c2ccsc2n1. The van der Waals surface area contributed by atoms with E-state index in [1.54, 1.807) is 23.1 Å². The van der Waals surface area contributed by atoms with E-state index in [1.165, 1.54) is 0 Å². The number of thioether (sulfide) groups is 1. The minimum Gasteiger partial charge on any atom is -0.484 e. The summed E-state index contributed by atoms with van der Waals surface area (Å²) in [5.41, 5.74) is 2.61. The van der Waals surface area contributed by atoms with Gasteiger partial charge >= 0.3 is 0 Å². The molecule has 2 aromatic heterocycles. The average molecular weight is 318 g/mol. The molecule has 0 unspecified atom stereocenters. The predicted octanol–water partition coefficient (Wildman–Crippen LogP) is 3.28. The first-order chi connectivity index (χ1) is 10.3. The van der Waals surface area contributed by atoms with Crippen LogP contribution < -0.4 is 16.0 Å². The van der Waals surface area contributed by atoms with E-state index >= 15 is 0 Å². The number of ether oxygens (including phenoxy) is 1. The number of hydrazine groups is 1. The quantitative estimate of drug-likeness (QED) is 0.427. The van der Waals surface area contributed by atoms with E-state index in [2.05, 4.69) is 15.4 Å². The van der Waals surface area contributed by atoms with Crippen LogP contribution in [-0.4, -0.2) is 16.2 Å². The second kappa shape index (κ2) is 6.30. The van der Waals surface area contributed by atoms with Crippen LogP contribution in [0.1, 0.15) is 5.82 Å². The van der Waals surface area contributed by atoms with Crippen molar-refractivity contribution in [3.8, 4) is 5.75 Å². The van der Waals surface area contributed by atoms with E-state index in [0.29, 0.717) is 18.2 Å². The summed E-state index contributed by atoms with van der Waals surface area (Å²) in [7, 11) is 0. The van der Waals surface area contributed by atoms with E-state index in [9.17, 15) is 0 Å². The summed E-state index contributed by atoms with van der Waals surface area (Å²) in [4.78, 5) is 10.9. The smallest absolute Gasteiger partial charge is 0.169 e. The third-order valence-electron chi connectivity index (χ3n) is 2.93. The maximum Gasteiger partial charge on any atom is 0.169 e. The summed E-state index contributed by atoms with van der Waals surface area (Å²) in [5, 5.41) is 2.89. The molecule has 3 aromatic rings. The molecule has 108 valence electrons. The third kappa shape index (κ3) is 2.94. The number of rotatable bonds is 5. The van der Waals surface area contributed by atoms with Crippen molar-refractivity contribution >= 4 is 39.1 Å². The van der Waals surface area contributed by atoms with Crippen LogP contribution in [0.5, 0.6) is 5.75 Å². The van der Waals surface area contributed by atoms with Gasteiger partial charge in [0.15, 0.2) is 11.6 Å². The van der Waals surface area contributed by atoms with E-state index in [1.807, 2.05) is 42.0 Å². The summed E-state index contributed by atoms with van der Waals surface area (Å²) < 4.78 is 5.83. The fraction of sp³-hybridized carbons (Fsp3) is 0.143. The van der Waals surface area contributed by atoms with Gasteiger partial charge in [0, 0.05) is 4.90 Å². The second-order valence-electron chi connectivity index (χ2n) is 4.21. The summed E-state index contributed by atoms with van der Waals surface area (Å²) in [6.07, 6.45) is 2.02. The lowest BCUT2D eigenvalue weighted by atomic mass is 10.3. The number of nitrogen functional groups attached to an aromatic ring is 1. The van der Waals surface area contributed by atoms with Crippen LogP contribution >= 0.6 is 23.1 Å². The highest BCUT2D eigenvalue weighted by Gasteiger charge is 2.09. The van der Waals surface area contributed by atoms with Gasteiger partial charge in [0.1, 0.15) is 17.2 Å². The molecule has 0 radical (unpaired) electrons. The van der Waals surface area contributed by atoms with Crippen LogP contribution in [0.15, 0.2) is 40.6 Å². The molecule has 0 bridgehead atoms. The molecule has 0 saturated heterocycles. The van der Waals surface area contributed by atoms with Gasteiger partial charge in [-0.3, -0.25) is 0 Å². The normalized spacial score (nSPS) is 10.8. The number of aromatic nitrogens is 2. The molecule has 21 heavy (non-hydrogen) atoms. The van der Waals surface area contributed by atoms with Crippen molar-refractivity contribution in [1.29, 1.82) is 0 Å². The van der Waals surface area contributed by atoms with Gasteiger partial charge in [0.05, 0.1) is 5.39 Å². The maximum atomic E-state index is 5.83. The van der Waals surface area contributed by atoms with Gasteiger partial charge in [-0.2, -0.15) is 0 Å². The lowest BCUT2D eigenvalue weighted by molar-refractivity contribution is 0.289. The zero-order valence-corrected chi connectivity index (χ0v) is 13.0. The van der Waals surface area contributed by atoms with Gasteiger partial charge in [-0.1, -0.05) is 12.1 Å². The van der Waals surface area contributed by atoms with Gasteiger partial charge in [-0.05, 0) is 29.8 Å². The molecular weight excluding hydrogens is 304 g/mol. The molecule has 0 aliphatic rings. The number of nitrogens with zero attached hydrogens (tertiary/aromatic N) is 2. The molecular formula is C14H14N4OS2. The standard InChI is InChI=1S/C14H14N4OS2/c1-20-11-5-3-2-4-10(11)19-8-12-16-13(18-15)9-6-7-21-14(9)17-12/h2-7H,8,15H2,1H3,(H,16,17,18). The lowest BCUT2D eigenvalue weighted by Gasteiger charge is -2.10. The number of hydrogen-bond donors (Lipinski definition) is 2. The van der Waals surface area contributed by atoms with Crippen molar-refractivity contribution < 1.29 is 4.74 Å². The second-order valence-corrected chi connectivity index (χ2v) is 5.95. The van der Waals surface area contributed by atoms with Crippen molar-refractivity contribution in [2.75, 3.05) is 11.7 Å². The van der Waals surface area contributed by atoms with Gasteiger partial charge < -0.3 is 10.2 Å². The van der Waals surface area contributed by atoms with Crippen LogP contribution in [-0.2, 0) is 6.61 Å². The lowest BCUT2D eigenvalue weighted by Crippen LogP contribution is -2.11. The molecule has 3 N–H and O–H groups in total. The van der Waals surface area contributed by atoms with Crippen molar-refractivity contribution in [2.45, 2.75) is 11.5 Å². The van der Waals surface area contributed by atoms with E-state index in [4.69, 9.17) is 10.6 Å². The summed E-state index contributed by atoms with van der Waals surface area (Å²) >= 11 is 3.20. The molecule has 3 rings (SSSR count). The fourth-order valence-corrected chi connectivity index (χ4v) is 3.28. The Morgan fingerprint density at radius 3 is 2.95 bits per heavy atom. The number of fused-ring (bicyclic) bond motifs is 1. The number of thiophene rings is 1. The Bertz CT molecular complexity index is 760. The van der Waals surface area contributed by atoms with E-state index in [-0.39, 0.29) is 0 Å². The Hall–Kier alpha value is -1.83. The highest BCUT2D eigenvalue weighted by molar-refractivity contribution is 7.98. The zero-order chi connectivity index (χ0) is 14.7. The van der Waals surface area contributed by atoms with Gasteiger partial charge in [-0.15, -0.1) is 23.1 Å². The van der Waals surface area contributed by atoms with Crippen LogP contribution in [0, 0.1) is 0 Å². The van der Waals surface area contributed by atoms with Crippen LogP contribution in [0.25, 0.3) is 10.2 Å². The minimum atomic E-state index is 0.306. The number of benzene rings is 1. The first-order valence-corrected chi connectivity index (χ1v) is 8.39. The molecule has 5 nitrogen and oxygen atoms in total. The highest BCUT2D eigenvalue weighted by atomic mass is 32.2. The number of para-hydroxylation sites is 1. The molecule has 2 heterocycles. The van der Waals surface area contributed by atoms with E-state index in [0.717, 1.165) is 20.9 Å². The first kappa shape index (κ1) is 14.1. The molecule has 0 fully saturated rings. The summed E-state index contributed by atoms with van der Waals surface area (Å²) in [6.45, 7) is 0.306. The number of nitrogens with two attached hydrogens (primary N) is 1. The molecule has 1 aromatic carbocycles. The molecule has 0 saturated carbocycles. The molecule has 7 heteroatoms. The van der Waals surface area contributed by atoms with Crippen molar-refractivity contribution in [1.82, 2.24) is 9.97 Å². The average Bonchev–Trinajstić information content (AvgIpc) is 3.00. The van der Waals surface area contributed by atoms with Crippen molar-refractivity contribution in [3.63, 3.8) is 0 Å². The predicted molar refractivity (Wildman–Crippen MR) is 87.8 cm³/mol. The Labute approximate surface area is 130 Å². The maximum absolute atomic E-state index is 5.83. The Kier molecular flexibility index (Phi) is 4.23. The summed E-state index contributed by atoms with van der Waals surface area (Å²) in [6, 6.07) is 9.85. The van der Waals surface area contributed by atoms with E-state index < -0.39 is 0 Å². The Morgan fingerprint density at radius 1 is 1.29 bits per heavy atom. The summed E-state index contributed by atoms with van der Waals surface area (Å²) in [5.74, 6) is 7.58. The van der Waals surface area contributed by atoms with Gasteiger partial charge in [0.2, 0.25) is 0 Å². The zero-order valence-electron chi connectivity index (χ0n) is 11.4. The Balaban J connectivity index is 1.85. The number of hydrogen-bond acceptors (Lipinski definition) is 7. The minimum absolute atomic E-state index is 0.306. The number of nitrogens with one attached hydrogen (secondary N) is 1. The molecule has 0 spiro atoms. The van der Waals surface area contributed by atoms with Crippen molar-refractivity contribution in [3.05, 3.63) is 41.5 Å². The van der Waals surface area contributed by atoms with Crippen LogP contribution in [0.2, 0.25) is 0 Å². The molecule has 0 atom stereocenters. The third-order valence-corrected chi connectivity index (χ3v) is 4.52. The van der Waals surface area contributed by atoms with Crippen LogP contribution in [0.4, 0.5) is 5.82 Å². The van der Waals surface area contributed by atoms with Crippen molar-refractivity contribution in [2.24, 2.45) is 5.84 Å². The topological polar surface area (TPSA) is 73.1 Å².